The van der Waals surface area contributed by atoms with Gasteiger partial charge in [-0.25, -0.2) is 4.98 Å². The topological polar surface area (TPSA) is 53.1 Å². The fourth-order valence-corrected chi connectivity index (χ4v) is 3.42. The molecular formula is C20H23Cl2N5. The minimum Gasteiger partial charge on any atom is -0.368 e. The number of aromatic nitrogens is 2. The molecule has 0 fully saturated rings. The van der Waals surface area contributed by atoms with Crippen LogP contribution in [0.5, 0.6) is 0 Å². The fourth-order valence-electron chi connectivity index (χ4n) is 2.89. The van der Waals surface area contributed by atoms with Crippen molar-refractivity contribution >= 4 is 51.6 Å². The number of halogens is 2. The zero-order chi connectivity index (χ0) is 19.2. The zero-order valence-electron chi connectivity index (χ0n) is 15.5. The van der Waals surface area contributed by atoms with Crippen LogP contribution in [0.2, 0.25) is 10.0 Å². The van der Waals surface area contributed by atoms with Gasteiger partial charge in [-0.05, 0) is 43.4 Å². The van der Waals surface area contributed by atoms with Crippen molar-refractivity contribution in [3.05, 3.63) is 52.5 Å². The molecule has 0 aliphatic carbocycles. The first-order valence-electron chi connectivity index (χ1n) is 9.05. The van der Waals surface area contributed by atoms with Crippen molar-refractivity contribution in [2.75, 3.05) is 36.8 Å². The number of likely N-dealkylation sites (N-methyl/N-ethyl adjacent to an activating group) is 1. The minimum absolute atomic E-state index is 0.498. The Morgan fingerprint density at radius 2 is 1.67 bits per heavy atom. The average molecular weight is 404 g/mol. The molecule has 1 aromatic heterocycles. The Morgan fingerprint density at radius 1 is 0.963 bits per heavy atom. The predicted molar refractivity (Wildman–Crippen MR) is 116 cm³/mol. The summed E-state index contributed by atoms with van der Waals surface area (Å²) in [6.07, 6.45) is 0. The molecule has 0 atom stereocenters. The first-order chi connectivity index (χ1) is 13.1. The van der Waals surface area contributed by atoms with E-state index in [-0.39, 0.29) is 0 Å². The number of hydrogen-bond donors (Lipinski definition) is 2. The van der Waals surface area contributed by atoms with Gasteiger partial charge in [0.15, 0.2) is 0 Å². The Hall–Kier alpha value is -2.08. The van der Waals surface area contributed by atoms with Gasteiger partial charge in [-0.3, -0.25) is 0 Å². The van der Waals surface area contributed by atoms with E-state index >= 15 is 0 Å². The van der Waals surface area contributed by atoms with E-state index in [9.17, 15) is 0 Å². The molecule has 7 heteroatoms. The molecule has 0 amide bonds. The summed E-state index contributed by atoms with van der Waals surface area (Å²) in [6, 6.07) is 13.2. The first-order valence-corrected chi connectivity index (χ1v) is 9.80. The van der Waals surface area contributed by atoms with Crippen LogP contribution in [0.1, 0.15) is 13.8 Å². The van der Waals surface area contributed by atoms with Gasteiger partial charge in [0.2, 0.25) is 5.95 Å². The van der Waals surface area contributed by atoms with Crippen LogP contribution in [0.15, 0.2) is 42.5 Å². The highest BCUT2D eigenvalue weighted by molar-refractivity contribution is 6.35. The Bertz CT molecular complexity index is 892. The molecule has 0 saturated heterocycles. The Balaban J connectivity index is 1.86. The lowest BCUT2D eigenvalue weighted by Gasteiger charge is -2.19. The summed E-state index contributed by atoms with van der Waals surface area (Å²) in [7, 11) is 0. The molecule has 2 aromatic carbocycles. The summed E-state index contributed by atoms with van der Waals surface area (Å²) in [4.78, 5) is 11.6. The lowest BCUT2D eigenvalue weighted by Crippen LogP contribution is -2.28. The number of fused-ring (bicyclic) bond motifs is 1. The van der Waals surface area contributed by atoms with E-state index in [0.717, 1.165) is 48.6 Å². The molecule has 0 aliphatic rings. The van der Waals surface area contributed by atoms with Crippen molar-refractivity contribution in [1.82, 2.24) is 14.9 Å². The molecule has 3 rings (SSSR count). The Kier molecular flexibility index (Phi) is 6.72. The van der Waals surface area contributed by atoms with Crippen LogP contribution in [-0.2, 0) is 0 Å². The number of hydrogen-bond acceptors (Lipinski definition) is 5. The summed E-state index contributed by atoms with van der Waals surface area (Å²) in [5.74, 6) is 1.31. The van der Waals surface area contributed by atoms with Crippen molar-refractivity contribution < 1.29 is 0 Å². The maximum absolute atomic E-state index is 6.09. The van der Waals surface area contributed by atoms with Crippen LogP contribution in [0.4, 0.5) is 17.5 Å². The molecular weight excluding hydrogens is 381 g/mol. The number of benzene rings is 2. The summed E-state index contributed by atoms with van der Waals surface area (Å²) in [5.41, 5.74) is 1.62. The number of para-hydroxylation sites is 1. The number of nitrogens with zero attached hydrogens (tertiary/aromatic N) is 3. The molecule has 0 unspecified atom stereocenters. The first kappa shape index (κ1) is 19.7. The van der Waals surface area contributed by atoms with Gasteiger partial charge < -0.3 is 15.5 Å². The van der Waals surface area contributed by atoms with E-state index in [1.54, 1.807) is 18.2 Å². The molecule has 5 nitrogen and oxygen atoms in total. The van der Waals surface area contributed by atoms with Crippen LogP contribution in [0.3, 0.4) is 0 Å². The van der Waals surface area contributed by atoms with Crippen LogP contribution in [0, 0.1) is 0 Å². The van der Waals surface area contributed by atoms with Gasteiger partial charge in [-0.15, -0.1) is 0 Å². The quantitative estimate of drug-likeness (QED) is 0.524. The monoisotopic (exact) mass is 403 g/mol. The van der Waals surface area contributed by atoms with Gasteiger partial charge >= 0.3 is 0 Å². The smallest absolute Gasteiger partial charge is 0.229 e. The van der Waals surface area contributed by atoms with E-state index < -0.39 is 0 Å². The molecule has 1 heterocycles. The van der Waals surface area contributed by atoms with Gasteiger partial charge in [-0.2, -0.15) is 4.98 Å². The lowest BCUT2D eigenvalue weighted by atomic mass is 10.2. The highest BCUT2D eigenvalue weighted by Crippen LogP contribution is 2.27. The molecule has 142 valence electrons. The standard InChI is InChI=1S/C20H23Cl2N5/c1-3-27(4-2)10-9-23-19-17-7-5-6-8-18(17)25-20(26-19)24-16-12-14(21)11-15(22)13-16/h5-8,11-13H,3-4,9-10H2,1-2H3,(H2,23,24,25,26). The van der Waals surface area contributed by atoms with Crippen molar-refractivity contribution in [3.8, 4) is 0 Å². The molecule has 0 aliphatic heterocycles. The third-order valence-corrected chi connectivity index (χ3v) is 4.77. The molecule has 0 spiro atoms. The van der Waals surface area contributed by atoms with Crippen LogP contribution >= 0.6 is 23.2 Å². The Morgan fingerprint density at radius 3 is 2.37 bits per heavy atom. The van der Waals surface area contributed by atoms with Crippen molar-refractivity contribution in [2.45, 2.75) is 13.8 Å². The van der Waals surface area contributed by atoms with E-state index in [0.29, 0.717) is 16.0 Å². The summed E-state index contributed by atoms with van der Waals surface area (Å²) >= 11 is 12.2. The maximum Gasteiger partial charge on any atom is 0.229 e. The van der Waals surface area contributed by atoms with Gasteiger partial charge in [0.25, 0.3) is 0 Å². The zero-order valence-corrected chi connectivity index (χ0v) is 17.0. The average Bonchev–Trinajstić information content (AvgIpc) is 2.64. The normalized spacial score (nSPS) is 11.1. The number of nitrogens with one attached hydrogen (secondary N) is 2. The lowest BCUT2D eigenvalue weighted by molar-refractivity contribution is 0.316. The fraction of sp³-hybridized carbons (Fsp3) is 0.300. The van der Waals surface area contributed by atoms with E-state index in [2.05, 4.69) is 39.3 Å². The van der Waals surface area contributed by atoms with E-state index in [4.69, 9.17) is 23.2 Å². The Labute approximate surface area is 169 Å². The highest BCUT2D eigenvalue weighted by Gasteiger charge is 2.09. The van der Waals surface area contributed by atoms with Gasteiger partial charge in [0.1, 0.15) is 5.82 Å². The maximum atomic E-state index is 6.09. The predicted octanol–water partition coefficient (Wildman–Crippen LogP) is 5.43. The summed E-state index contributed by atoms with van der Waals surface area (Å²) in [6.45, 7) is 8.17. The molecule has 3 aromatic rings. The van der Waals surface area contributed by atoms with Crippen molar-refractivity contribution in [1.29, 1.82) is 0 Å². The highest BCUT2D eigenvalue weighted by atomic mass is 35.5. The van der Waals surface area contributed by atoms with E-state index in [1.807, 2.05) is 24.3 Å². The van der Waals surface area contributed by atoms with Crippen molar-refractivity contribution in [2.24, 2.45) is 0 Å². The van der Waals surface area contributed by atoms with Crippen molar-refractivity contribution in [3.63, 3.8) is 0 Å². The second-order valence-corrected chi connectivity index (χ2v) is 7.02. The van der Waals surface area contributed by atoms with Crippen LogP contribution in [-0.4, -0.2) is 41.0 Å². The summed E-state index contributed by atoms with van der Waals surface area (Å²) < 4.78 is 0. The molecule has 0 radical (unpaired) electrons. The molecule has 0 saturated carbocycles. The van der Waals surface area contributed by atoms with Crippen LogP contribution in [0.25, 0.3) is 10.9 Å². The third-order valence-electron chi connectivity index (χ3n) is 4.34. The van der Waals surface area contributed by atoms with E-state index in [1.165, 1.54) is 0 Å². The van der Waals surface area contributed by atoms with Gasteiger partial charge in [0.05, 0.1) is 5.52 Å². The number of anilines is 3. The van der Waals surface area contributed by atoms with Gasteiger partial charge in [-0.1, -0.05) is 49.2 Å². The second-order valence-electron chi connectivity index (χ2n) is 6.15. The SMILES string of the molecule is CCN(CC)CCNc1nc(Nc2cc(Cl)cc(Cl)c2)nc2ccccc12. The van der Waals surface area contributed by atoms with Gasteiger partial charge in [0, 0.05) is 34.2 Å². The molecule has 2 N–H and O–H groups in total. The minimum atomic E-state index is 0.498. The second kappa shape index (κ2) is 9.22. The summed E-state index contributed by atoms with van der Waals surface area (Å²) in [5, 5.41) is 8.76. The largest absolute Gasteiger partial charge is 0.368 e. The number of rotatable bonds is 8. The third kappa shape index (κ3) is 5.22. The van der Waals surface area contributed by atoms with Crippen LogP contribution < -0.4 is 10.6 Å². The molecule has 0 bridgehead atoms. The molecule has 27 heavy (non-hydrogen) atoms.